The smallest absolute Gasteiger partial charge is 0.241 e. The monoisotopic (exact) mass is 361 g/mol. The number of hydrogen-bond acceptors (Lipinski definition) is 4. The van der Waals surface area contributed by atoms with E-state index in [2.05, 4.69) is 10.3 Å². The fourth-order valence-corrected chi connectivity index (χ4v) is 2.82. The highest BCUT2D eigenvalue weighted by atomic mass is 35.5. The summed E-state index contributed by atoms with van der Waals surface area (Å²) in [5.41, 5.74) is 8.92. The van der Waals surface area contributed by atoms with Crippen LogP contribution in [0.3, 0.4) is 0 Å². The van der Waals surface area contributed by atoms with Crippen molar-refractivity contribution in [3.8, 4) is 0 Å². The average Bonchev–Trinajstić information content (AvgIpc) is 2.74. The minimum atomic E-state index is -0.634. The number of aryl methyl sites for hydroxylation is 3. The Bertz CT molecular complexity index is 614. The molecule has 4 nitrogen and oxygen atoms in total. The summed E-state index contributed by atoms with van der Waals surface area (Å²) in [5, 5.41) is 3.88. The van der Waals surface area contributed by atoms with E-state index in [4.69, 9.17) is 5.73 Å². The molecule has 1 aromatic carbocycles. The SMILES string of the molecule is Cc1ccc(C(N)C(=O)NCc2sc(C)nc2C)cc1.Cl.Cl. The number of nitrogens with zero attached hydrogens (tertiary/aromatic N) is 1. The van der Waals surface area contributed by atoms with Crippen LogP contribution in [0, 0.1) is 20.8 Å². The summed E-state index contributed by atoms with van der Waals surface area (Å²) in [7, 11) is 0. The Labute approximate surface area is 147 Å². The molecule has 1 atom stereocenters. The first-order valence-electron chi connectivity index (χ1n) is 6.50. The highest BCUT2D eigenvalue weighted by Gasteiger charge is 2.16. The molecule has 0 saturated heterocycles. The lowest BCUT2D eigenvalue weighted by molar-refractivity contribution is -0.122. The Balaban J connectivity index is 0.00000220. The van der Waals surface area contributed by atoms with Gasteiger partial charge in [-0.25, -0.2) is 4.98 Å². The Morgan fingerprint density at radius 2 is 1.82 bits per heavy atom. The first kappa shape index (κ1) is 20.9. The quantitative estimate of drug-likeness (QED) is 0.878. The zero-order chi connectivity index (χ0) is 14.7. The average molecular weight is 362 g/mol. The minimum Gasteiger partial charge on any atom is -0.349 e. The number of halogens is 2. The molecule has 7 heteroatoms. The molecule has 2 rings (SSSR count). The second kappa shape index (κ2) is 9.10. The summed E-state index contributed by atoms with van der Waals surface area (Å²) in [4.78, 5) is 17.5. The van der Waals surface area contributed by atoms with Gasteiger partial charge in [0.05, 0.1) is 17.2 Å². The van der Waals surface area contributed by atoms with E-state index in [-0.39, 0.29) is 30.7 Å². The molecule has 1 unspecified atom stereocenters. The molecule has 22 heavy (non-hydrogen) atoms. The third kappa shape index (κ3) is 5.25. The molecule has 0 aliphatic rings. The third-order valence-corrected chi connectivity index (χ3v) is 4.21. The normalized spacial score (nSPS) is 11.1. The number of amides is 1. The number of carbonyl (C=O) groups is 1. The largest absolute Gasteiger partial charge is 0.349 e. The number of nitrogens with one attached hydrogen (secondary N) is 1. The molecule has 0 spiro atoms. The van der Waals surface area contributed by atoms with Gasteiger partial charge in [-0.05, 0) is 26.3 Å². The van der Waals surface area contributed by atoms with Crippen LogP contribution < -0.4 is 11.1 Å². The van der Waals surface area contributed by atoms with E-state index in [1.807, 2.05) is 45.0 Å². The van der Waals surface area contributed by atoms with Gasteiger partial charge in [-0.3, -0.25) is 4.79 Å². The summed E-state index contributed by atoms with van der Waals surface area (Å²) in [5.74, 6) is -0.167. The number of benzene rings is 1. The van der Waals surface area contributed by atoms with Crippen molar-refractivity contribution in [2.24, 2.45) is 5.73 Å². The fourth-order valence-electron chi connectivity index (χ4n) is 1.94. The third-order valence-electron chi connectivity index (χ3n) is 3.14. The highest BCUT2D eigenvalue weighted by Crippen LogP contribution is 2.17. The van der Waals surface area contributed by atoms with E-state index in [1.54, 1.807) is 11.3 Å². The van der Waals surface area contributed by atoms with Crippen molar-refractivity contribution in [1.82, 2.24) is 10.3 Å². The molecule has 0 radical (unpaired) electrons. The van der Waals surface area contributed by atoms with Gasteiger partial charge in [0, 0.05) is 4.88 Å². The van der Waals surface area contributed by atoms with E-state index in [0.717, 1.165) is 26.7 Å². The molecule has 2 aromatic rings. The first-order valence-corrected chi connectivity index (χ1v) is 7.32. The van der Waals surface area contributed by atoms with Gasteiger partial charge in [0.1, 0.15) is 6.04 Å². The Hall–Kier alpha value is -1.14. The van der Waals surface area contributed by atoms with Crippen LogP contribution in [0.25, 0.3) is 0 Å². The van der Waals surface area contributed by atoms with Gasteiger partial charge in [0.25, 0.3) is 0 Å². The van der Waals surface area contributed by atoms with Crippen LogP contribution in [0.1, 0.15) is 32.7 Å². The van der Waals surface area contributed by atoms with Gasteiger partial charge in [-0.15, -0.1) is 36.2 Å². The second-order valence-electron chi connectivity index (χ2n) is 4.85. The van der Waals surface area contributed by atoms with Gasteiger partial charge in [-0.2, -0.15) is 0 Å². The van der Waals surface area contributed by atoms with Crippen molar-refractivity contribution in [1.29, 1.82) is 0 Å². The van der Waals surface area contributed by atoms with Gasteiger partial charge in [0.2, 0.25) is 5.91 Å². The zero-order valence-electron chi connectivity index (χ0n) is 12.8. The molecule has 1 heterocycles. The van der Waals surface area contributed by atoms with E-state index < -0.39 is 6.04 Å². The number of aromatic nitrogens is 1. The van der Waals surface area contributed by atoms with Crippen LogP contribution in [0.5, 0.6) is 0 Å². The Morgan fingerprint density at radius 3 is 2.32 bits per heavy atom. The molecular weight excluding hydrogens is 341 g/mol. The maximum absolute atomic E-state index is 12.1. The van der Waals surface area contributed by atoms with Gasteiger partial charge >= 0.3 is 0 Å². The van der Waals surface area contributed by atoms with Crippen molar-refractivity contribution < 1.29 is 4.79 Å². The molecule has 0 aliphatic carbocycles. The summed E-state index contributed by atoms with van der Waals surface area (Å²) in [6, 6.07) is 7.06. The molecule has 0 bridgehead atoms. The first-order chi connectivity index (χ1) is 9.47. The lowest BCUT2D eigenvalue weighted by Crippen LogP contribution is -2.33. The van der Waals surface area contributed by atoms with Crippen molar-refractivity contribution in [2.75, 3.05) is 0 Å². The van der Waals surface area contributed by atoms with Gasteiger partial charge in [-0.1, -0.05) is 29.8 Å². The maximum atomic E-state index is 12.1. The number of thiazole rings is 1. The molecule has 3 N–H and O–H groups in total. The van der Waals surface area contributed by atoms with Crippen molar-refractivity contribution in [2.45, 2.75) is 33.4 Å². The molecule has 1 aromatic heterocycles. The minimum absolute atomic E-state index is 0. The number of rotatable bonds is 4. The van der Waals surface area contributed by atoms with Gasteiger partial charge in [0.15, 0.2) is 0 Å². The zero-order valence-corrected chi connectivity index (χ0v) is 15.2. The number of carbonyl (C=O) groups excluding carboxylic acids is 1. The summed E-state index contributed by atoms with van der Waals surface area (Å²) < 4.78 is 0. The molecule has 0 fully saturated rings. The highest BCUT2D eigenvalue weighted by molar-refractivity contribution is 7.11. The standard InChI is InChI=1S/C15H19N3OS.2ClH/c1-9-4-6-12(7-5-9)14(16)15(19)17-8-13-10(2)18-11(3)20-13;;/h4-7,14H,8,16H2,1-3H3,(H,17,19);2*1H. The molecule has 1 amide bonds. The lowest BCUT2D eigenvalue weighted by atomic mass is 10.1. The summed E-state index contributed by atoms with van der Waals surface area (Å²) in [6.07, 6.45) is 0. The van der Waals surface area contributed by atoms with Crippen molar-refractivity contribution in [3.63, 3.8) is 0 Å². The van der Waals surface area contributed by atoms with Crippen molar-refractivity contribution >= 4 is 42.1 Å². The van der Waals surface area contributed by atoms with Crippen LogP contribution in [-0.2, 0) is 11.3 Å². The molecule has 0 aliphatic heterocycles. The number of nitrogens with two attached hydrogens (primary N) is 1. The molecule has 0 saturated carbocycles. The van der Waals surface area contributed by atoms with E-state index in [1.165, 1.54) is 0 Å². The Kier molecular flexibility index (Phi) is 8.63. The predicted molar refractivity (Wildman–Crippen MR) is 96.0 cm³/mol. The summed E-state index contributed by atoms with van der Waals surface area (Å²) in [6.45, 7) is 6.39. The van der Waals surface area contributed by atoms with E-state index in [9.17, 15) is 4.79 Å². The predicted octanol–water partition coefficient (Wildman–Crippen LogP) is 3.23. The van der Waals surface area contributed by atoms with Crippen LogP contribution in [0.2, 0.25) is 0 Å². The van der Waals surface area contributed by atoms with Gasteiger partial charge < -0.3 is 11.1 Å². The van der Waals surface area contributed by atoms with E-state index in [0.29, 0.717) is 6.54 Å². The topological polar surface area (TPSA) is 68.0 Å². The second-order valence-corrected chi connectivity index (χ2v) is 6.14. The lowest BCUT2D eigenvalue weighted by Gasteiger charge is -2.12. The Morgan fingerprint density at radius 1 is 1.23 bits per heavy atom. The molecule has 122 valence electrons. The van der Waals surface area contributed by atoms with E-state index >= 15 is 0 Å². The van der Waals surface area contributed by atoms with Crippen LogP contribution in [-0.4, -0.2) is 10.9 Å². The van der Waals surface area contributed by atoms with Crippen molar-refractivity contribution in [3.05, 3.63) is 51.0 Å². The fraction of sp³-hybridized carbons (Fsp3) is 0.333. The summed E-state index contributed by atoms with van der Waals surface area (Å²) >= 11 is 1.60. The molecular formula is C15H21Cl2N3OS. The van der Waals surface area contributed by atoms with Crippen LogP contribution in [0.4, 0.5) is 0 Å². The maximum Gasteiger partial charge on any atom is 0.241 e. The van der Waals surface area contributed by atoms with Crippen LogP contribution in [0.15, 0.2) is 24.3 Å². The number of hydrogen-bond donors (Lipinski definition) is 2. The van der Waals surface area contributed by atoms with Crippen LogP contribution >= 0.6 is 36.2 Å².